The minimum atomic E-state index is -0.818. The number of aliphatic imine (C=N–C) groups is 1. The highest BCUT2D eigenvalue weighted by molar-refractivity contribution is 6.29. The van der Waals surface area contributed by atoms with Crippen molar-refractivity contribution in [2.75, 3.05) is 32.8 Å². The molecular formula is C21H20N2O6. The van der Waals surface area contributed by atoms with Gasteiger partial charge in [0.1, 0.15) is 6.54 Å². The first-order valence-electron chi connectivity index (χ1n) is 8.77. The molecule has 2 aromatic rings. The zero-order chi connectivity index (χ0) is 21.0. The van der Waals surface area contributed by atoms with E-state index >= 15 is 0 Å². The molecule has 0 fully saturated rings. The molecule has 0 bridgehead atoms. The lowest BCUT2D eigenvalue weighted by atomic mass is 9.89. The number of benzene rings is 2. The Morgan fingerprint density at radius 2 is 1.79 bits per heavy atom. The summed E-state index contributed by atoms with van der Waals surface area (Å²) in [4.78, 5) is 42.7. The molecule has 8 heteroatoms. The molecule has 0 radical (unpaired) electrons. The van der Waals surface area contributed by atoms with Crippen molar-refractivity contribution in [2.24, 2.45) is 4.99 Å². The van der Waals surface area contributed by atoms with Crippen LogP contribution in [0.4, 0.5) is 5.69 Å². The number of amides is 2. The van der Waals surface area contributed by atoms with Crippen LogP contribution in [0, 0.1) is 0 Å². The van der Waals surface area contributed by atoms with Crippen molar-refractivity contribution in [2.45, 2.75) is 5.92 Å². The van der Waals surface area contributed by atoms with Gasteiger partial charge in [-0.3, -0.25) is 19.4 Å². The second-order valence-corrected chi connectivity index (χ2v) is 6.15. The molecule has 3 rings (SSSR count). The minimum Gasteiger partial charge on any atom is -0.493 e. The normalized spacial score (nSPS) is 16.0. The number of carbonyl (C=O) groups excluding carboxylic acids is 3. The summed E-state index contributed by atoms with van der Waals surface area (Å²) in [6.07, 6.45) is 1.37. The molecule has 0 unspecified atom stereocenters. The van der Waals surface area contributed by atoms with E-state index < -0.39 is 23.7 Å². The van der Waals surface area contributed by atoms with Gasteiger partial charge in [-0.05, 0) is 23.8 Å². The SMILES string of the molecule is COC(=O)CN=C[C@H]1C(=O)N(c2ccc(OC)c(OC)c2)C(=O)c2ccccc21. The van der Waals surface area contributed by atoms with Gasteiger partial charge in [0.2, 0.25) is 5.91 Å². The van der Waals surface area contributed by atoms with Gasteiger partial charge in [-0.15, -0.1) is 0 Å². The minimum absolute atomic E-state index is 0.216. The van der Waals surface area contributed by atoms with Crippen LogP contribution in [0.15, 0.2) is 47.5 Å². The second kappa shape index (κ2) is 8.55. The van der Waals surface area contributed by atoms with E-state index in [1.165, 1.54) is 27.5 Å². The molecule has 0 aromatic heterocycles. The van der Waals surface area contributed by atoms with Crippen molar-refractivity contribution in [3.05, 3.63) is 53.6 Å². The van der Waals surface area contributed by atoms with E-state index in [-0.39, 0.29) is 6.54 Å². The monoisotopic (exact) mass is 396 g/mol. The zero-order valence-electron chi connectivity index (χ0n) is 16.2. The second-order valence-electron chi connectivity index (χ2n) is 6.15. The number of methoxy groups -OCH3 is 3. The maximum Gasteiger partial charge on any atom is 0.327 e. The van der Waals surface area contributed by atoms with Gasteiger partial charge in [-0.1, -0.05) is 18.2 Å². The van der Waals surface area contributed by atoms with Gasteiger partial charge in [0.25, 0.3) is 5.91 Å². The van der Waals surface area contributed by atoms with E-state index in [9.17, 15) is 14.4 Å². The number of nitrogens with zero attached hydrogens (tertiary/aromatic N) is 2. The number of hydrogen-bond donors (Lipinski definition) is 0. The fourth-order valence-electron chi connectivity index (χ4n) is 3.11. The lowest BCUT2D eigenvalue weighted by Gasteiger charge is -2.31. The molecule has 1 atom stereocenters. The largest absolute Gasteiger partial charge is 0.493 e. The number of esters is 1. The third kappa shape index (κ3) is 3.82. The average molecular weight is 396 g/mol. The van der Waals surface area contributed by atoms with E-state index in [0.717, 1.165) is 4.90 Å². The maximum atomic E-state index is 13.2. The Hall–Kier alpha value is -3.68. The third-order valence-electron chi connectivity index (χ3n) is 4.54. The average Bonchev–Trinajstić information content (AvgIpc) is 2.75. The van der Waals surface area contributed by atoms with E-state index in [1.54, 1.807) is 42.5 Å². The molecule has 0 aliphatic carbocycles. The number of anilines is 1. The van der Waals surface area contributed by atoms with Crippen molar-refractivity contribution < 1.29 is 28.6 Å². The summed E-state index contributed by atoms with van der Waals surface area (Å²) in [5, 5.41) is 0. The van der Waals surface area contributed by atoms with Gasteiger partial charge < -0.3 is 14.2 Å². The van der Waals surface area contributed by atoms with E-state index in [2.05, 4.69) is 9.73 Å². The van der Waals surface area contributed by atoms with Crippen molar-refractivity contribution in [3.8, 4) is 11.5 Å². The van der Waals surface area contributed by atoms with Gasteiger partial charge in [0.05, 0.1) is 32.9 Å². The molecule has 0 saturated heterocycles. The Balaban J connectivity index is 2.04. The quantitative estimate of drug-likeness (QED) is 0.422. The molecule has 1 heterocycles. The van der Waals surface area contributed by atoms with Gasteiger partial charge in [-0.25, -0.2) is 4.90 Å². The van der Waals surface area contributed by atoms with Crippen LogP contribution in [0.1, 0.15) is 21.8 Å². The number of fused-ring (bicyclic) bond motifs is 1. The molecular weight excluding hydrogens is 376 g/mol. The van der Waals surface area contributed by atoms with Crippen LogP contribution in [-0.2, 0) is 14.3 Å². The summed E-state index contributed by atoms with van der Waals surface area (Å²) in [5.74, 6) is -1.40. The van der Waals surface area contributed by atoms with E-state index in [1.807, 2.05) is 0 Å². The first kappa shape index (κ1) is 20.1. The highest BCUT2D eigenvalue weighted by atomic mass is 16.5. The number of ether oxygens (including phenoxy) is 3. The molecule has 150 valence electrons. The molecule has 29 heavy (non-hydrogen) atoms. The molecule has 2 amide bonds. The first-order valence-corrected chi connectivity index (χ1v) is 8.77. The number of rotatable bonds is 6. The maximum absolute atomic E-state index is 13.2. The number of imide groups is 1. The van der Waals surface area contributed by atoms with Gasteiger partial charge in [-0.2, -0.15) is 0 Å². The van der Waals surface area contributed by atoms with Crippen molar-refractivity contribution in [1.29, 1.82) is 0 Å². The Morgan fingerprint density at radius 3 is 2.48 bits per heavy atom. The summed E-state index contributed by atoms with van der Waals surface area (Å²) in [6.45, 7) is -0.216. The molecule has 2 aromatic carbocycles. The van der Waals surface area contributed by atoms with E-state index in [4.69, 9.17) is 9.47 Å². The molecule has 1 aliphatic rings. The van der Waals surface area contributed by atoms with Crippen LogP contribution in [0.3, 0.4) is 0 Å². The lowest BCUT2D eigenvalue weighted by molar-refractivity contribution is -0.138. The summed E-state index contributed by atoms with van der Waals surface area (Å²) < 4.78 is 15.1. The number of carbonyl (C=O) groups is 3. The Kier molecular flexibility index (Phi) is 5.92. The Morgan fingerprint density at radius 1 is 1.07 bits per heavy atom. The molecule has 0 spiro atoms. The smallest absolute Gasteiger partial charge is 0.327 e. The summed E-state index contributed by atoms with van der Waals surface area (Å²) in [6, 6.07) is 11.6. The molecule has 1 aliphatic heterocycles. The fourth-order valence-corrected chi connectivity index (χ4v) is 3.11. The van der Waals surface area contributed by atoms with Crippen LogP contribution in [-0.4, -0.2) is 51.9 Å². The van der Waals surface area contributed by atoms with Crippen LogP contribution >= 0.6 is 0 Å². The van der Waals surface area contributed by atoms with Gasteiger partial charge in [0.15, 0.2) is 11.5 Å². The van der Waals surface area contributed by atoms with E-state index in [0.29, 0.717) is 28.3 Å². The topological polar surface area (TPSA) is 94.5 Å². The summed E-state index contributed by atoms with van der Waals surface area (Å²) in [7, 11) is 4.23. The Labute approximate surface area is 167 Å². The zero-order valence-corrected chi connectivity index (χ0v) is 16.2. The van der Waals surface area contributed by atoms with Crippen LogP contribution in [0.2, 0.25) is 0 Å². The van der Waals surface area contributed by atoms with Crippen molar-refractivity contribution >= 4 is 29.7 Å². The van der Waals surface area contributed by atoms with Crippen molar-refractivity contribution in [1.82, 2.24) is 0 Å². The molecule has 8 nitrogen and oxygen atoms in total. The van der Waals surface area contributed by atoms with Gasteiger partial charge in [0, 0.05) is 17.8 Å². The van der Waals surface area contributed by atoms with Crippen molar-refractivity contribution in [3.63, 3.8) is 0 Å². The molecule has 0 saturated carbocycles. The highest BCUT2D eigenvalue weighted by Crippen LogP contribution is 2.36. The van der Waals surface area contributed by atoms with Crippen LogP contribution in [0.25, 0.3) is 0 Å². The molecule has 0 N–H and O–H groups in total. The van der Waals surface area contributed by atoms with Gasteiger partial charge >= 0.3 is 5.97 Å². The standard InChI is InChI=1S/C21H20N2O6/c1-27-17-9-8-13(10-18(17)28-2)23-20(25)15-7-5-4-6-14(15)16(21(23)26)11-22-12-19(24)29-3/h4-11,16H,12H2,1-3H3/t16-/m1/s1. The fraction of sp³-hybridized carbons (Fsp3) is 0.238. The highest BCUT2D eigenvalue weighted by Gasteiger charge is 2.39. The summed E-state index contributed by atoms with van der Waals surface area (Å²) in [5.41, 5.74) is 1.27. The summed E-state index contributed by atoms with van der Waals surface area (Å²) >= 11 is 0. The van der Waals surface area contributed by atoms with Crippen LogP contribution in [0.5, 0.6) is 11.5 Å². The predicted octanol–water partition coefficient (Wildman–Crippen LogP) is 2.22. The predicted molar refractivity (Wildman–Crippen MR) is 106 cm³/mol. The van der Waals surface area contributed by atoms with Crippen LogP contribution < -0.4 is 14.4 Å². The lowest BCUT2D eigenvalue weighted by Crippen LogP contribution is -2.45. The first-order chi connectivity index (χ1) is 14.0. The third-order valence-corrected chi connectivity index (χ3v) is 4.54. The number of hydrogen-bond acceptors (Lipinski definition) is 7. The Bertz CT molecular complexity index is 985.